The lowest BCUT2D eigenvalue weighted by Gasteiger charge is -2.20. The molecule has 1 heterocycles. The molecule has 1 aliphatic rings. The molecule has 0 aromatic carbocycles. The van der Waals surface area contributed by atoms with Crippen LogP contribution in [0, 0.1) is 0 Å². The largest absolute Gasteiger partial charge is 0.462 e. The van der Waals surface area contributed by atoms with E-state index in [1.807, 2.05) is 20.1 Å². The van der Waals surface area contributed by atoms with Gasteiger partial charge < -0.3 is 10.1 Å². The van der Waals surface area contributed by atoms with Crippen LogP contribution in [0.3, 0.4) is 0 Å². The summed E-state index contributed by atoms with van der Waals surface area (Å²) in [5.74, 6) is 0.319. The van der Waals surface area contributed by atoms with Crippen LogP contribution in [-0.4, -0.2) is 34.8 Å². The molecule has 2 rings (SSSR count). The SMILES string of the molecule is CCOC(=O)c1c(CC)nc(SC)nc1NC1CCCCCC1. The van der Waals surface area contributed by atoms with E-state index in [0.717, 1.165) is 18.5 Å². The molecule has 23 heavy (non-hydrogen) atoms. The number of carbonyl (C=O) groups is 1. The Labute approximate surface area is 143 Å². The van der Waals surface area contributed by atoms with Gasteiger partial charge in [-0.15, -0.1) is 0 Å². The number of ether oxygens (including phenoxy) is 1. The zero-order valence-electron chi connectivity index (χ0n) is 14.4. The number of aryl methyl sites for hydroxylation is 1. The summed E-state index contributed by atoms with van der Waals surface area (Å²) in [5, 5.41) is 4.21. The average molecular weight is 337 g/mol. The molecule has 1 fully saturated rings. The third-order valence-electron chi connectivity index (χ3n) is 4.16. The van der Waals surface area contributed by atoms with Gasteiger partial charge >= 0.3 is 5.97 Å². The third kappa shape index (κ3) is 4.83. The summed E-state index contributed by atoms with van der Waals surface area (Å²) < 4.78 is 5.23. The Bertz CT molecular complexity index is 529. The van der Waals surface area contributed by atoms with Gasteiger partial charge in [0.1, 0.15) is 11.4 Å². The quantitative estimate of drug-likeness (QED) is 0.365. The van der Waals surface area contributed by atoms with Crippen LogP contribution in [0.5, 0.6) is 0 Å². The smallest absolute Gasteiger partial charge is 0.343 e. The van der Waals surface area contributed by atoms with Crippen molar-refractivity contribution >= 4 is 23.5 Å². The molecule has 6 heteroatoms. The van der Waals surface area contributed by atoms with Crippen molar-refractivity contribution in [2.24, 2.45) is 0 Å². The highest BCUT2D eigenvalue weighted by Crippen LogP contribution is 2.26. The zero-order valence-corrected chi connectivity index (χ0v) is 15.2. The molecule has 0 amide bonds. The van der Waals surface area contributed by atoms with E-state index < -0.39 is 0 Å². The third-order valence-corrected chi connectivity index (χ3v) is 4.70. The summed E-state index contributed by atoms with van der Waals surface area (Å²) in [5.41, 5.74) is 1.27. The number of hydrogen-bond donors (Lipinski definition) is 1. The number of anilines is 1. The molecule has 1 aromatic rings. The van der Waals surface area contributed by atoms with E-state index in [9.17, 15) is 4.79 Å². The maximum atomic E-state index is 12.4. The Hall–Kier alpha value is -1.30. The van der Waals surface area contributed by atoms with Gasteiger partial charge in [0.05, 0.1) is 12.3 Å². The van der Waals surface area contributed by atoms with Crippen LogP contribution in [0.25, 0.3) is 0 Å². The Morgan fingerprint density at radius 1 is 1.22 bits per heavy atom. The summed E-state index contributed by atoms with van der Waals surface area (Å²) in [7, 11) is 0. The Balaban J connectivity index is 2.34. The van der Waals surface area contributed by atoms with Crippen LogP contribution in [0.15, 0.2) is 5.16 Å². The van der Waals surface area contributed by atoms with E-state index in [2.05, 4.69) is 15.3 Å². The summed E-state index contributed by atoms with van der Waals surface area (Å²) in [6.07, 6.45) is 9.94. The monoisotopic (exact) mass is 337 g/mol. The van der Waals surface area contributed by atoms with E-state index in [-0.39, 0.29) is 5.97 Å². The second-order valence-corrected chi connectivity index (χ2v) is 6.56. The molecule has 1 aliphatic carbocycles. The number of rotatable bonds is 6. The molecule has 0 radical (unpaired) electrons. The predicted octanol–water partition coefficient (Wildman–Crippen LogP) is 4.07. The molecule has 0 unspecified atom stereocenters. The van der Waals surface area contributed by atoms with E-state index in [1.165, 1.54) is 37.4 Å². The number of nitrogens with zero attached hydrogens (tertiary/aromatic N) is 2. The van der Waals surface area contributed by atoms with Crippen LogP contribution < -0.4 is 5.32 Å². The van der Waals surface area contributed by atoms with Crippen LogP contribution in [0.1, 0.15) is 68.4 Å². The van der Waals surface area contributed by atoms with Gasteiger partial charge in [-0.25, -0.2) is 14.8 Å². The van der Waals surface area contributed by atoms with Crippen molar-refractivity contribution in [3.05, 3.63) is 11.3 Å². The number of nitrogens with one attached hydrogen (secondary N) is 1. The Kier molecular flexibility index (Phi) is 7.15. The first kappa shape index (κ1) is 18.0. The first-order valence-electron chi connectivity index (χ1n) is 8.58. The fraction of sp³-hybridized carbons (Fsp3) is 0.706. The topological polar surface area (TPSA) is 64.1 Å². The second-order valence-electron chi connectivity index (χ2n) is 5.79. The fourth-order valence-corrected chi connectivity index (χ4v) is 3.35. The number of aromatic nitrogens is 2. The van der Waals surface area contributed by atoms with E-state index in [0.29, 0.717) is 35.6 Å². The van der Waals surface area contributed by atoms with Gasteiger partial charge in [0.25, 0.3) is 0 Å². The molecule has 1 N–H and O–H groups in total. The first-order valence-corrected chi connectivity index (χ1v) is 9.80. The molecule has 0 aliphatic heterocycles. The maximum absolute atomic E-state index is 12.4. The first-order chi connectivity index (χ1) is 11.2. The molecule has 1 saturated carbocycles. The van der Waals surface area contributed by atoms with Crippen LogP contribution in [0.2, 0.25) is 0 Å². The lowest BCUT2D eigenvalue weighted by molar-refractivity contribution is 0.0525. The average Bonchev–Trinajstić information content (AvgIpc) is 2.82. The van der Waals surface area contributed by atoms with E-state index >= 15 is 0 Å². The second kappa shape index (κ2) is 9.11. The summed E-state index contributed by atoms with van der Waals surface area (Å²) >= 11 is 1.50. The van der Waals surface area contributed by atoms with E-state index in [4.69, 9.17) is 4.74 Å². The van der Waals surface area contributed by atoms with E-state index in [1.54, 1.807) is 0 Å². The van der Waals surface area contributed by atoms with Crippen LogP contribution in [-0.2, 0) is 11.2 Å². The Morgan fingerprint density at radius 2 is 1.91 bits per heavy atom. The van der Waals surface area contributed by atoms with Crippen molar-refractivity contribution in [2.45, 2.75) is 70.0 Å². The number of hydrogen-bond acceptors (Lipinski definition) is 6. The molecule has 1 aromatic heterocycles. The zero-order chi connectivity index (χ0) is 16.7. The molecule has 128 valence electrons. The Morgan fingerprint density at radius 3 is 2.48 bits per heavy atom. The maximum Gasteiger partial charge on any atom is 0.343 e. The summed E-state index contributed by atoms with van der Waals surface area (Å²) in [6, 6.07) is 0.375. The highest BCUT2D eigenvalue weighted by molar-refractivity contribution is 7.98. The number of thioether (sulfide) groups is 1. The lowest BCUT2D eigenvalue weighted by Crippen LogP contribution is -2.23. The highest BCUT2D eigenvalue weighted by atomic mass is 32.2. The molecular formula is C17H27N3O2S. The van der Waals surface area contributed by atoms with Crippen molar-refractivity contribution in [1.82, 2.24) is 9.97 Å². The minimum atomic E-state index is -0.326. The van der Waals surface area contributed by atoms with Crippen molar-refractivity contribution in [2.75, 3.05) is 18.2 Å². The van der Waals surface area contributed by atoms with Crippen LogP contribution in [0.4, 0.5) is 5.82 Å². The van der Waals surface area contributed by atoms with Gasteiger partial charge in [-0.1, -0.05) is 44.4 Å². The van der Waals surface area contributed by atoms with Crippen molar-refractivity contribution in [3.63, 3.8) is 0 Å². The molecule has 5 nitrogen and oxygen atoms in total. The van der Waals surface area contributed by atoms with Crippen molar-refractivity contribution in [3.8, 4) is 0 Å². The summed E-state index contributed by atoms with van der Waals surface area (Å²) in [6.45, 7) is 4.18. The molecular weight excluding hydrogens is 310 g/mol. The molecule has 0 spiro atoms. The highest BCUT2D eigenvalue weighted by Gasteiger charge is 2.23. The predicted molar refractivity (Wildman–Crippen MR) is 94.3 cm³/mol. The molecule has 0 bridgehead atoms. The number of carbonyl (C=O) groups excluding carboxylic acids is 1. The lowest BCUT2D eigenvalue weighted by atomic mass is 10.1. The number of esters is 1. The standard InChI is InChI=1S/C17H27N3O2S/c1-4-13-14(16(21)22-5-2)15(20-17(19-13)23-3)18-12-10-8-6-7-9-11-12/h12H,4-11H2,1-3H3,(H,18,19,20). The molecule has 0 atom stereocenters. The van der Waals surface area contributed by atoms with Crippen molar-refractivity contribution in [1.29, 1.82) is 0 Å². The van der Waals surface area contributed by atoms with Gasteiger partial charge in [-0.3, -0.25) is 0 Å². The van der Waals surface area contributed by atoms with Gasteiger partial charge in [-0.2, -0.15) is 0 Å². The normalized spacial score (nSPS) is 16.0. The fourth-order valence-electron chi connectivity index (χ4n) is 2.97. The van der Waals surface area contributed by atoms with Crippen LogP contribution >= 0.6 is 11.8 Å². The minimum absolute atomic E-state index is 0.326. The minimum Gasteiger partial charge on any atom is -0.462 e. The van der Waals surface area contributed by atoms with Gasteiger partial charge in [0.2, 0.25) is 0 Å². The molecule has 0 saturated heterocycles. The van der Waals surface area contributed by atoms with Crippen molar-refractivity contribution < 1.29 is 9.53 Å². The summed E-state index contributed by atoms with van der Waals surface area (Å²) in [4.78, 5) is 21.5. The van der Waals surface area contributed by atoms with Gasteiger partial charge in [0.15, 0.2) is 5.16 Å². The van der Waals surface area contributed by atoms with Gasteiger partial charge in [-0.05, 0) is 32.4 Å². The van der Waals surface area contributed by atoms with Gasteiger partial charge in [0, 0.05) is 6.04 Å².